The van der Waals surface area contributed by atoms with Crippen LogP contribution in [0.3, 0.4) is 0 Å². The second kappa shape index (κ2) is 9.87. The van der Waals surface area contributed by atoms with E-state index in [-0.39, 0.29) is 18.2 Å². The molecule has 1 aromatic carbocycles. The number of hydrogen-bond donors (Lipinski definition) is 1. The zero-order chi connectivity index (χ0) is 21.6. The van der Waals surface area contributed by atoms with Gasteiger partial charge in [-0.25, -0.2) is 0 Å². The molecule has 0 saturated carbocycles. The highest BCUT2D eigenvalue weighted by Crippen LogP contribution is 2.29. The summed E-state index contributed by atoms with van der Waals surface area (Å²) in [6, 6.07) is 9.46. The number of hydrogen-bond acceptors (Lipinski definition) is 6. The second-order valence-corrected chi connectivity index (χ2v) is 7.88. The van der Waals surface area contributed by atoms with E-state index < -0.39 is 6.04 Å². The van der Waals surface area contributed by atoms with Crippen LogP contribution in [0.25, 0.3) is 0 Å². The largest absolute Gasteiger partial charge is 0.492 e. The van der Waals surface area contributed by atoms with Gasteiger partial charge in [-0.15, -0.1) is 0 Å². The van der Waals surface area contributed by atoms with Gasteiger partial charge in [-0.3, -0.25) is 14.5 Å². The van der Waals surface area contributed by atoms with Crippen LogP contribution in [-0.2, 0) is 16.1 Å². The van der Waals surface area contributed by atoms with Crippen LogP contribution in [0, 0.1) is 0 Å². The lowest BCUT2D eigenvalue weighted by Crippen LogP contribution is -2.57. The predicted molar refractivity (Wildman–Crippen MR) is 117 cm³/mol. The Hall–Kier alpha value is -3.00. The molecule has 166 valence electrons. The molecule has 2 aromatic rings. The standard InChI is InChI=1S/C23H30N4O4/c1-2-31-21-6-4-3-5-19(21)25-10-12-26(13-11-25)22(28)15-20-23(29)24-8-9-27(20)16-18-7-14-30-17-18/h3-7,14,17,20H,2,8-13,15-16H2,1H3,(H,24,29). The highest BCUT2D eigenvalue weighted by atomic mass is 16.5. The molecule has 2 saturated heterocycles. The Morgan fingerprint density at radius 2 is 1.97 bits per heavy atom. The highest BCUT2D eigenvalue weighted by molar-refractivity contribution is 5.89. The summed E-state index contributed by atoms with van der Waals surface area (Å²) >= 11 is 0. The monoisotopic (exact) mass is 426 g/mol. The van der Waals surface area contributed by atoms with Crippen molar-refractivity contribution in [2.24, 2.45) is 0 Å². The Balaban J connectivity index is 1.35. The average molecular weight is 427 g/mol. The van der Waals surface area contributed by atoms with Gasteiger partial charge in [0.15, 0.2) is 0 Å². The van der Waals surface area contributed by atoms with Crippen molar-refractivity contribution in [3.8, 4) is 5.75 Å². The van der Waals surface area contributed by atoms with Gasteiger partial charge in [0.25, 0.3) is 0 Å². The molecule has 1 aromatic heterocycles. The number of carbonyl (C=O) groups excluding carboxylic acids is 2. The highest BCUT2D eigenvalue weighted by Gasteiger charge is 2.34. The lowest BCUT2D eigenvalue weighted by Gasteiger charge is -2.39. The van der Waals surface area contributed by atoms with E-state index in [2.05, 4.69) is 21.2 Å². The predicted octanol–water partition coefficient (Wildman–Crippen LogP) is 1.72. The van der Waals surface area contributed by atoms with Crippen LogP contribution >= 0.6 is 0 Å². The Morgan fingerprint density at radius 3 is 2.71 bits per heavy atom. The summed E-state index contributed by atoms with van der Waals surface area (Å²) in [6.07, 6.45) is 3.51. The molecule has 8 nitrogen and oxygen atoms in total. The summed E-state index contributed by atoms with van der Waals surface area (Å²) in [5.41, 5.74) is 2.07. The topological polar surface area (TPSA) is 78.3 Å². The Bertz CT molecular complexity index is 877. The molecule has 2 amide bonds. The van der Waals surface area contributed by atoms with Crippen LogP contribution < -0.4 is 15.0 Å². The third-order valence-electron chi connectivity index (χ3n) is 5.91. The lowest BCUT2D eigenvalue weighted by molar-refractivity contribution is -0.139. The van der Waals surface area contributed by atoms with Crippen molar-refractivity contribution in [1.82, 2.24) is 15.1 Å². The smallest absolute Gasteiger partial charge is 0.237 e. The van der Waals surface area contributed by atoms with Crippen molar-refractivity contribution in [2.45, 2.75) is 25.9 Å². The molecule has 1 unspecified atom stereocenters. The molecule has 4 rings (SSSR count). The summed E-state index contributed by atoms with van der Waals surface area (Å²) in [6.45, 7) is 7.26. The zero-order valence-corrected chi connectivity index (χ0v) is 18.0. The van der Waals surface area contributed by atoms with Gasteiger partial charge in [0, 0.05) is 51.4 Å². The number of rotatable bonds is 7. The molecule has 0 bridgehead atoms. The number of para-hydroxylation sites is 2. The number of carbonyl (C=O) groups is 2. The molecular weight excluding hydrogens is 396 g/mol. The first-order chi connectivity index (χ1) is 15.2. The fourth-order valence-corrected chi connectivity index (χ4v) is 4.28. The van der Waals surface area contributed by atoms with Crippen molar-refractivity contribution >= 4 is 17.5 Å². The van der Waals surface area contributed by atoms with E-state index in [0.29, 0.717) is 32.8 Å². The molecule has 1 atom stereocenters. The van der Waals surface area contributed by atoms with E-state index >= 15 is 0 Å². The van der Waals surface area contributed by atoms with E-state index in [1.165, 1.54) is 0 Å². The minimum absolute atomic E-state index is 0.0250. The van der Waals surface area contributed by atoms with Gasteiger partial charge in [0.1, 0.15) is 5.75 Å². The van der Waals surface area contributed by atoms with Gasteiger partial charge in [0.05, 0.1) is 37.3 Å². The first-order valence-corrected chi connectivity index (χ1v) is 10.9. The van der Waals surface area contributed by atoms with Crippen LogP contribution in [-0.4, -0.2) is 73.5 Å². The number of ether oxygens (including phenoxy) is 1. The number of benzene rings is 1. The fourth-order valence-electron chi connectivity index (χ4n) is 4.28. The molecule has 8 heteroatoms. The number of amides is 2. The lowest BCUT2D eigenvalue weighted by atomic mass is 10.1. The Labute approximate surface area is 182 Å². The molecule has 0 spiro atoms. The Morgan fingerprint density at radius 1 is 1.16 bits per heavy atom. The minimum atomic E-state index is -0.451. The van der Waals surface area contributed by atoms with Crippen molar-refractivity contribution in [2.75, 3.05) is 50.8 Å². The van der Waals surface area contributed by atoms with Gasteiger partial charge in [-0.1, -0.05) is 12.1 Å². The molecular formula is C23H30N4O4. The fraction of sp³-hybridized carbons (Fsp3) is 0.478. The molecule has 3 heterocycles. The van der Waals surface area contributed by atoms with Crippen molar-refractivity contribution < 1.29 is 18.7 Å². The summed E-state index contributed by atoms with van der Waals surface area (Å²) < 4.78 is 10.9. The molecule has 2 aliphatic rings. The number of nitrogens with one attached hydrogen (secondary N) is 1. The molecule has 31 heavy (non-hydrogen) atoms. The third-order valence-corrected chi connectivity index (χ3v) is 5.91. The van der Waals surface area contributed by atoms with E-state index in [1.807, 2.05) is 36.1 Å². The van der Waals surface area contributed by atoms with Crippen LogP contribution in [0.15, 0.2) is 47.3 Å². The first kappa shape index (κ1) is 21.2. The minimum Gasteiger partial charge on any atom is -0.492 e. The first-order valence-electron chi connectivity index (χ1n) is 10.9. The number of nitrogens with zero attached hydrogens (tertiary/aromatic N) is 3. The van der Waals surface area contributed by atoms with Crippen LogP contribution in [0.2, 0.25) is 0 Å². The van der Waals surface area contributed by atoms with Gasteiger partial charge < -0.3 is 24.3 Å². The second-order valence-electron chi connectivity index (χ2n) is 7.88. The van der Waals surface area contributed by atoms with Gasteiger partial charge in [-0.2, -0.15) is 0 Å². The van der Waals surface area contributed by atoms with Gasteiger partial charge >= 0.3 is 0 Å². The summed E-state index contributed by atoms with van der Waals surface area (Å²) in [7, 11) is 0. The van der Waals surface area contributed by atoms with Crippen molar-refractivity contribution in [1.29, 1.82) is 0 Å². The van der Waals surface area contributed by atoms with Crippen molar-refractivity contribution in [3.63, 3.8) is 0 Å². The van der Waals surface area contributed by atoms with E-state index in [1.54, 1.807) is 12.5 Å². The van der Waals surface area contributed by atoms with Crippen molar-refractivity contribution in [3.05, 3.63) is 48.4 Å². The molecule has 1 N–H and O–H groups in total. The third kappa shape index (κ3) is 5.02. The SMILES string of the molecule is CCOc1ccccc1N1CCN(C(=O)CC2C(=O)NCCN2Cc2ccoc2)CC1. The van der Waals surface area contributed by atoms with E-state index in [4.69, 9.17) is 9.15 Å². The summed E-state index contributed by atoms with van der Waals surface area (Å²) in [4.78, 5) is 31.7. The molecule has 0 aliphatic carbocycles. The average Bonchev–Trinajstić information content (AvgIpc) is 3.30. The van der Waals surface area contributed by atoms with Crippen LogP contribution in [0.1, 0.15) is 18.9 Å². The normalized spacial score (nSPS) is 19.9. The quantitative estimate of drug-likeness (QED) is 0.726. The number of furan rings is 1. The van der Waals surface area contributed by atoms with E-state index in [0.717, 1.165) is 36.6 Å². The maximum atomic E-state index is 13.0. The zero-order valence-electron chi connectivity index (χ0n) is 18.0. The number of piperazine rings is 2. The molecule has 2 aliphatic heterocycles. The van der Waals surface area contributed by atoms with Gasteiger partial charge in [0.2, 0.25) is 11.8 Å². The van der Waals surface area contributed by atoms with Crippen LogP contribution in [0.5, 0.6) is 5.75 Å². The maximum Gasteiger partial charge on any atom is 0.237 e. The number of anilines is 1. The van der Waals surface area contributed by atoms with Gasteiger partial charge in [-0.05, 0) is 25.1 Å². The molecule has 0 radical (unpaired) electrons. The molecule has 2 fully saturated rings. The summed E-state index contributed by atoms with van der Waals surface area (Å²) in [5, 5.41) is 2.90. The van der Waals surface area contributed by atoms with E-state index in [9.17, 15) is 9.59 Å². The maximum absolute atomic E-state index is 13.0. The van der Waals surface area contributed by atoms with Crippen LogP contribution in [0.4, 0.5) is 5.69 Å². The Kier molecular flexibility index (Phi) is 6.76. The summed E-state index contributed by atoms with van der Waals surface area (Å²) in [5.74, 6) is 0.822.